The summed E-state index contributed by atoms with van der Waals surface area (Å²) in [5, 5.41) is 6.93. The minimum absolute atomic E-state index is 0.215. The lowest BCUT2D eigenvalue weighted by Crippen LogP contribution is -2.00. The van der Waals surface area contributed by atoms with Crippen molar-refractivity contribution >= 4 is 21.3 Å². The molecule has 28 heavy (non-hydrogen) atoms. The number of methoxy groups -OCH3 is 1. The number of benzene rings is 1. The SMILES string of the molecule is COc1cn[nH]c1-c1nc2c(N)nccn2c1-c1cc(S(C)(=O)=O)ccc1C. The Kier molecular flexibility index (Phi) is 4.07. The van der Waals surface area contributed by atoms with Gasteiger partial charge in [0.1, 0.15) is 11.4 Å². The van der Waals surface area contributed by atoms with E-state index in [1.54, 1.807) is 41.2 Å². The van der Waals surface area contributed by atoms with Crippen molar-refractivity contribution in [2.45, 2.75) is 11.8 Å². The molecule has 0 unspecified atom stereocenters. The lowest BCUT2D eigenvalue weighted by molar-refractivity contribution is 0.416. The summed E-state index contributed by atoms with van der Waals surface area (Å²) in [5.74, 6) is 0.763. The van der Waals surface area contributed by atoms with Crippen LogP contribution in [0.1, 0.15) is 5.56 Å². The van der Waals surface area contributed by atoms with E-state index in [4.69, 9.17) is 10.5 Å². The van der Waals surface area contributed by atoms with Gasteiger partial charge in [0, 0.05) is 24.2 Å². The van der Waals surface area contributed by atoms with Gasteiger partial charge in [0.25, 0.3) is 0 Å². The van der Waals surface area contributed by atoms with Crippen molar-refractivity contribution in [3.05, 3.63) is 42.4 Å². The summed E-state index contributed by atoms with van der Waals surface area (Å²) in [7, 11) is -1.85. The topological polar surface area (TPSA) is 128 Å². The number of aromatic nitrogens is 5. The predicted molar refractivity (Wildman–Crippen MR) is 105 cm³/mol. The molecule has 3 heterocycles. The fourth-order valence-electron chi connectivity index (χ4n) is 3.11. The zero-order chi connectivity index (χ0) is 20.1. The first kappa shape index (κ1) is 18.0. The minimum Gasteiger partial charge on any atom is -0.493 e. The number of nitrogen functional groups attached to an aromatic ring is 1. The van der Waals surface area contributed by atoms with Crippen molar-refractivity contribution < 1.29 is 13.2 Å². The number of aryl methyl sites for hydroxylation is 1. The molecule has 0 radical (unpaired) electrons. The third-order valence-electron chi connectivity index (χ3n) is 4.52. The number of H-pyrrole nitrogens is 1. The molecule has 4 aromatic rings. The van der Waals surface area contributed by atoms with Crippen molar-refractivity contribution in [2.75, 3.05) is 19.1 Å². The highest BCUT2D eigenvalue weighted by molar-refractivity contribution is 7.90. The molecule has 0 fully saturated rings. The molecular weight excluding hydrogens is 380 g/mol. The van der Waals surface area contributed by atoms with Crippen molar-refractivity contribution in [1.82, 2.24) is 24.6 Å². The van der Waals surface area contributed by atoms with Crippen molar-refractivity contribution in [2.24, 2.45) is 0 Å². The largest absolute Gasteiger partial charge is 0.493 e. The Bertz CT molecular complexity index is 1310. The number of sulfone groups is 1. The second-order valence-electron chi connectivity index (χ2n) is 6.38. The van der Waals surface area contributed by atoms with E-state index in [0.29, 0.717) is 34.0 Å². The molecule has 0 atom stereocenters. The molecular formula is C18H18N6O3S. The number of imidazole rings is 1. The molecule has 3 aromatic heterocycles. The number of hydrogen-bond acceptors (Lipinski definition) is 7. The number of nitrogens with zero attached hydrogens (tertiary/aromatic N) is 4. The first-order valence-electron chi connectivity index (χ1n) is 8.32. The maximum atomic E-state index is 12.1. The van der Waals surface area contributed by atoms with Crippen LogP contribution < -0.4 is 10.5 Å². The molecule has 0 bridgehead atoms. The molecule has 9 nitrogen and oxygen atoms in total. The van der Waals surface area contributed by atoms with Crippen LogP contribution in [0.15, 0.2) is 41.7 Å². The fourth-order valence-corrected chi connectivity index (χ4v) is 3.76. The van der Waals surface area contributed by atoms with Gasteiger partial charge in [-0.2, -0.15) is 5.10 Å². The second kappa shape index (κ2) is 6.34. The predicted octanol–water partition coefficient (Wildman–Crippen LogP) is 2.09. The summed E-state index contributed by atoms with van der Waals surface area (Å²) in [4.78, 5) is 8.96. The van der Waals surface area contributed by atoms with Crippen LogP contribution in [0.25, 0.3) is 28.3 Å². The molecule has 0 saturated heterocycles. The molecule has 1 aromatic carbocycles. The number of aromatic amines is 1. The number of rotatable bonds is 4. The van der Waals surface area contributed by atoms with Crippen LogP contribution in [0, 0.1) is 6.92 Å². The van der Waals surface area contributed by atoms with E-state index < -0.39 is 9.84 Å². The number of anilines is 1. The van der Waals surface area contributed by atoms with Gasteiger partial charge in [-0.25, -0.2) is 18.4 Å². The molecule has 144 valence electrons. The van der Waals surface area contributed by atoms with Crippen molar-refractivity contribution in [3.8, 4) is 28.4 Å². The zero-order valence-electron chi connectivity index (χ0n) is 15.5. The Morgan fingerprint density at radius 3 is 2.79 bits per heavy atom. The summed E-state index contributed by atoms with van der Waals surface area (Å²) in [5.41, 5.74) is 9.81. The molecule has 0 saturated carbocycles. The maximum absolute atomic E-state index is 12.1. The van der Waals surface area contributed by atoms with Gasteiger partial charge < -0.3 is 10.5 Å². The summed E-state index contributed by atoms with van der Waals surface area (Å²) >= 11 is 0. The van der Waals surface area contributed by atoms with Crippen LogP contribution in [0.5, 0.6) is 5.75 Å². The first-order valence-corrected chi connectivity index (χ1v) is 10.2. The molecule has 10 heteroatoms. The Hall–Kier alpha value is -3.40. The van der Waals surface area contributed by atoms with E-state index in [2.05, 4.69) is 20.2 Å². The minimum atomic E-state index is -3.39. The molecule has 0 amide bonds. The maximum Gasteiger partial charge on any atom is 0.181 e. The third kappa shape index (κ3) is 2.78. The van der Waals surface area contributed by atoms with E-state index in [1.165, 1.54) is 13.4 Å². The smallest absolute Gasteiger partial charge is 0.181 e. The molecule has 0 aliphatic rings. The lowest BCUT2D eigenvalue weighted by atomic mass is 10.0. The van der Waals surface area contributed by atoms with Gasteiger partial charge in [0.15, 0.2) is 27.1 Å². The van der Waals surface area contributed by atoms with Crippen LogP contribution in [-0.4, -0.2) is 46.3 Å². The highest BCUT2D eigenvalue weighted by atomic mass is 32.2. The summed E-state index contributed by atoms with van der Waals surface area (Å²) < 4.78 is 31.4. The molecule has 0 aliphatic carbocycles. The van der Waals surface area contributed by atoms with E-state index in [0.717, 1.165) is 5.56 Å². The lowest BCUT2D eigenvalue weighted by Gasteiger charge is -2.11. The quantitative estimate of drug-likeness (QED) is 0.538. The molecule has 0 spiro atoms. The first-order chi connectivity index (χ1) is 13.3. The summed E-state index contributed by atoms with van der Waals surface area (Å²) in [6.07, 6.45) is 6.02. The normalized spacial score (nSPS) is 11.8. The monoisotopic (exact) mass is 398 g/mol. The number of hydrogen-bond donors (Lipinski definition) is 2. The summed E-state index contributed by atoms with van der Waals surface area (Å²) in [6.45, 7) is 1.90. The van der Waals surface area contributed by atoms with E-state index in [1.807, 2.05) is 6.92 Å². The molecule has 0 aliphatic heterocycles. The van der Waals surface area contributed by atoms with Gasteiger partial charge in [-0.1, -0.05) is 6.07 Å². The van der Waals surface area contributed by atoms with E-state index >= 15 is 0 Å². The number of nitrogens with one attached hydrogen (secondary N) is 1. The standard InChI is InChI=1S/C18H18N6O3S/c1-10-4-5-11(28(3,25)26)8-12(10)16-15(14-13(27-2)9-21-23-14)22-18-17(19)20-6-7-24(16)18/h4-9H,1-3H3,(H2,19,20)(H,21,23). The van der Waals surface area contributed by atoms with E-state index in [9.17, 15) is 8.42 Å². The Morgan fingerprint density at radius 2 is 2.07 bits per heavy atom. The zero-order valence-corrected chi connectivity index (χ0v) is 16.3. The van der Waals surface area contributed by atoms with Gasteiger partial charge in [0.05, 0.1) is 23.9 Å². The van der Waals surface area contributed by atoms with Crippen molar-refractivity contribution in [1.29, 1.82) is 0 Å². The average molecular weight is 398 g/mol. The van der Waals surface area contributed by atoms with Gasteiger partial charge in [0.2, 0.25) is 0 Å². The highest BCUT2D eigenvalue weighted by Gasteiger charge is 2.23. The Balaban J connectivity index is 2.13. The van der Waals surface area contributed by atoms with Gasteiger partial charge in [-0.3, -0.25) is 9.50 Å². The van der Waals surface area contributed by atoms with Gasteiger partial charge in [-0.05, 0) is 24.6 Å². The number of ether oxygens (including phenoxy) is 1. The number of nitrogens with two attached hydrogens (primary N) is 1. The number of fused-ring (bicyclic) bond motifs is 1. The van der Waals surface area contributed by atoms with Crippen LogP contribution in [-0.2, 0) is 9.84 Å². The summed E-state index contributed by atoms with van der Waals surface area (Å²) in [6, 6.07) is 4.99. The van der Waals surface area contributed by atoms with Crippen LogP contribution in [0.2, 0.25) is 0 Å². The molecule has 4 rings (SSSR count). The van der Waals surface area contributed by atoms with Crippen LogP contribution >= 0.6 is 0 Å². The van der Waals surface area contributed by atoms with Crippen LogP contribution in [0.3, 0.4) is 0 Å². The van der Waals surface area contributed by atoms with Crippen LogP contribution in [0.4, 0.5) is 5.82 Å². The average Bonchev–Trinajstić information content (AvgIpc) is 3.25. The highest BCUT2D eigenvalue weighted by Crippen LogP contribution is 2.38. The Labute approximate surface area is 161 Å². The van der Waals surface area contributed by atoms with E-state index in [-0.39, 0.29) is 10.7 Å². The Morgan fingerprint density at radius 1 is 1.29 bits per heavy atom. The third-order valence-corrected chi connectivity index (χ3v) is 5.63. The molecule has 3 N–H and O–H groups in total. The van der Waals surface area contributed by atoms with Crippen molar-refractivity contribution in [3.63, 3.8) is 0 Å². The second-order valence-corrected chi connectivity index (χ2v) is 8.39. The fraction of sp³-hybridized carbons (Fsp3) is 0.167. The van der Waals surface area contributed by atoms with Gasteiger partial charge in [-0.15, -0.1) is 0 Å². The van der Waals surface area contributed by atoms with Gasteiger partial charge >= 0.3 is 0 Å².